The molecule has 0 saturated carbocycles. The molecule has 2 atom stereocenters. The van der Waals surface area contributed by atoms with E-state index >= 15 is 0 Å². The quantitative estimate of drug-likeness (QED) is 0.0491. The van der Waals surface area contributed by atoms with Crippen molar-refractivity contribution < 1.29 is 19.1 Å². The molecule has 0 aliphatic rings. The zero-order valence-corrected chi connectivity index (χ0v) is 38.2. The Hall–Kier alpha value is -1.14. The standard InChI is InChI=1S/C49H98N2O4/c1-7-11-15-19-21-27-35-45(33-25-17-13-9-3)43-54-48(52)39-31-23-29-37-47(50-41-42-51(5)6)38-30-24-32-40-49(53)55-44-46(34-26-18-14-10-4)36-28-22-20-16-12-8-2/h45-47,50H,7-44H2,1-6H3. The summed E-state index contributed by atoms with van der Waals surface area (Å²) in [5.74, 6) is 1.06. The van der Waals surface area contributed by atoms with Crippen LogP contribution in [0.1, 0.15) is 246 Å². The van der Waals surface area contributed by atoms with E-state index in [0.717, 1.165) is 64.5 Å². The minimum absolute atomic E-state index is 0.000915. The maximum absolute atomic E-state index is 12.7. The van der Waals surface area contributed by atoms with E-state index in [-0.39, 0.29) is 11.9 Å². The highest BCUT2D eigenvalue weighted by atomic mass is 16.5. The molecule has 1 N–H and O–H groups in total. The molecule has 0 amide bonds. The largest absolute Gasteiger partial charge is 0.465 e. The topological polar surface area (TPSA) is 67.9 Å². The molecule has 0 aliphatic carbocycles. The summed E-state index contributed by atoms with van der Waals surface area (Å²) in [6.07, 6.45) is 40.6. The van der Waals surface area contributed by atoms with Crippen LogP contribution in [0.15, 0.2) is 0 Å². The Bertz CT molecular complexity index is 748. The number of nitrogens with zero attached hydrogens (tertiary/aromatic N) is 1. The summed E-state index contributed by atoms with van der Waals surface area (Å²) < 4.78 is 11.7. The number of hydrogen-bond donors (Lipinski definition) is 1. The average Bonchev–Trinajstić information content (AvgIpc) is 3.17. The third kappa shape index (κ3) is 39.5. The molecule has 0 spiro atoms. The van der Waals surface area contributed by atoms with Crippen LogP contribution in [-0.4, -0.2) is 63.3 Å². The van der Waals surface area contributed by atoms with Crippen molar-refractivity contribution in [2.24, 2.45) is 11.8 Å². The molecule has 6 nitrogen and oxygen atoms in total. The Labute approximate surface area is 344 Å². The van der Waals surface area contributed by atoms with Crippen LogP contribution in [0.5, 0.6) is 0 Å². The van der Waals surface area contributed by atoms with E-state index in [2.05, 4.69) is 52.0 Å². The fourth-order valence-corrected chi connectivity index (χ4v) is 7.85. The zero-order valence-electron chi connectivity index (χ0n) is 38.2. The lowest BCUT2D eigenvalue weighted by molar-refractivity contribution is -0.146. The summed E-state index contributed by atoms with van der Waals surface area (Å²) >= 11 is 0. The van der Waals surface area contributed by atoms with E-state index in [9.17, 15) is 9.59 Å². The molecule has 0 rings (SSSR count). The first kappa shape index (κ1) is 53.9. The van der Waals surface area contributed by atoms with Gasteiger partial charge in [0.2, 0.25) is 0 Å². The number of carbonyl (C=O) groups is 2. The summed E-state index contributed by atoms with van der Waals surface area (Å²) in [7, 11) is 4.25. The number of likely N-dealkylation sites (N-methyl/N-ethyl adjacent to an activating group) is 1. The van der Waals surface area contributed by atoms with Crippen LogP contribution in [-0.2, 0) is 19.1 Å². The molecule has 0 aromatic rings. The van der Waals surface area contributed by atoms with Gasteiger partial charge in [-0.05, 0) is 77.3 Å². The molecular formula is C49H98N2O4. The molecule has 55 heavy (non-hydrogen) atoms. The van der Waals surface area contributed by atoms with Crippen molar-refractivity contribution in [1.29, 1.82) is 0 Å². The molecule has 2 unspecified atom stereocenters. The highest BCUT2D eigenvalue weighted by Gasteiger charge is 2.15. The maximum Gasteiger partial charge on any atom is 0.305 e. The number of ether oxygens (including phenoxy) is 2. The van der Waals surface area contributed by atoms with Crippen LogP contribution < -0.4 is 5.32 Å². The molecule has 0 aliphatic heterocycles. The number of carbonyl (C=O) groups excluding carboxylic acids is 2. The Morgan fingerprint density at radius 1 is 0.436 bits per heavy atom. The summed E-state index contributed by atoms with van der Waals surface area (Å²) in [5.41, 5.74) is 0. The molecular weight excluding hydrogens is 681 g/mol. The Kier molecular flexibility index (Phi) is 41.6. The lowest BCUT2D eigenvalue weighted by Crippen LogP contribution is -2.34. The van der Waals surface area contributed by atoms with E-state index in [1.165, 1.54) is 154 Å². The predicted molar refractivity (Wildman–Crippen MR) is 239 cm³/mol. The molecule has 0 bridgehead atoms. The Morgan fingerprint density at radius 3 is 1.11 bits per heavy atom. The molecule has 328 valence electrons. The van der Waals surface area contributed by atoms with Gasteiger partial charge in [-0.15, -0.1) is 0 Å². The highest BCUT2D eigenvalue weighted by molar-refractivity contribution is 5.69. The Morgan fingerprint density at radius 2 is 0.745 bits per heavy atom. The van der Waals surface area contributed by atoms with Crippen molar-refractivity contribution in [3.63, 3.8) is 0 Å². The van der Waals surface area contributed by atoms with Crippen LogP contribution in [0.3, 0.4) is 0 Å². The van der Waals surface area contributed by atoms with Crippen molar-refractivity contribution in [1.82, 2.24) is 10.2 Å². The second-order valence-corrected chi connectivity index (χ2v) is 17.6. The van der Waals surface area contributed by atoms with Gasteiger partial charge in [0.05, 0.1) is 13.2 Å². The van der Waals surface area contributed by atoms with Crippen LogP contribution in [0.4, 0.5) is 0 Å². The molecule has 0 saturated heterocycles. The molecule has 6 heteroatoms. The van der Waals surface area contributed by atoms with Crippen LogP contribution in [0.25, 0.3) is 0 Å². The Balaban J connectivity index is 4.46. The summed E-state index contributed by atoms with van der Waals surface area (Å²) in [6.45, 7) is 12.3. The molecule has 0 fully saturated rings. The second-order valence-electron chi connectivity index (χ2n) is 17.6. The van der Waals surface area contributed by atoms with E-state index in [1.54, 1.807) is 0 Å². The lowest BCUT2D eigenvalue weighted by atomic mass is 9.95. The highest BCUT2D eigenvalue weighted by Crippen LogP contribution is 2.22. The smallest absolute Gasteiger partial charge is 0.305 e. The van der Waals surface area contributed by atoms with Gasteiger partial charge in [0, 0.05) is 32.0 Å². The normalized spacial score (nSPS) is 13.3. The van der Waals surface area contributed by atoms with Gasteiger partial charge < -0.3 is 19.7 Å². The van der Waals surface area contributed by atoms with Crippen LogP contribution in [0, 0.1) is 11.8 Å². The maximum atomic E-state index is 12.7. The van der Waals surface area contributed by atoms with E-state index in [4.69, 9.17) is 9.47 Å². The minimum Gasteiger partial charge on any atom is -0.465 e. The number of nitrogens with one attached hydrogen (secondary N) is 1. The summed E-state index contributed by atoms with van der Waals surface area (Å²) in [4.78, 5) is 27.6. The van der Waals surface area contributed by atoms with Gasteiger partial charge in [0.15, 0.2) is 0 Å². The second kappa shape index (κ2) is 42.5. The lowest BCUT2D eigenvalue weighted by Gasteiger charge is -2.20. The zero-order chi connectivity index (χ0) is 40.5. The van der Waals surface area contributed by atoms with Gasteiger partial charge in [0.1, 0.15) is 0 Å². The van der Waals surface area contributed by atoms with Crippen molar-refractivity contribution in [3.05, 3.63) is 0 Å². The molecule has 0 aromatic carbocycles. The van der Waals surface area contributed by atoms with Gasteiger partial charge >= 0.3 is 11.9 Å². The molecule has 0 radical (unpaired) electrons. The fraction of sp³-hybridized carbons (Fsp3) is 0.959. The average molecular weight is 779 g/mol. The van der Waals surface area contributed by atoms with Crippen molar-refractivity contribution in [2.75, 3.05) is 40.4 Å². The van der Waals surface area contributed by atoms with Crippen LogP contribution in [0.2, 0.25) is 0 Å². The predicted octanol–water partition coefficient (Wildman–Crippen LogP) is 14.2. The van der Waals surface area contributed by atoms with Gasteiger partial charge in [0.25, 0.3) is 0 Å². The molecule has 0 aromatic heterocycles. The first-order valence-electron chi connectivity index (χ1n) is 24.5. The van der Waals surface area contributed by atoms with Crippen LogP contribution >= 0.6 is 0 Å². The van der Waals surface area contributed by atoms with E-state index < -0.39 is 0 Å². The van der Waals surface area contributed by atoms with Gasteiger partial charge in [-0.3, -0.25) is 9.59 Å². The van der Waals surface area contributed by atoms with E-state index in [0.29, 0.717) is 43.9 Å². The monoisotopic (exact) mass is 779 g/mol. The fourth-order valence-electron chi connectivity index (χ4n) is 7.85. The summed E-state index contributed by atoms with van der Waals surface area (Å²) in [5, 5.41) is 3.80. The number of esters is 2. The number of unbranched alkanes of at least 4 members (excludes halogenated alkanes) is 20. The number of rotatable bonds is 44. The SMILES string of the molecule is CCCCCCCCC(CCCCCC)COC(=O)CCCCCC(CCCCCC(=O)OCC(CCCCCC)CCCCCCCC)NCCN(C)C. The first-order chi connectivity index (χ1) is 26.9. The third-order valence-corrected chi connectivity index (χ3v) is 11.7. The first-order valence-corrected chi connectivity index (χ1v) is 24.5. The number of hydrogen-bond acceptors (Lipinski definition) is 6. The van der Waals surface area contributed by atoms with Crippen molar-refractivity contribution >= 4 is 11.9 Å². The van der Waals surface area contributed by atoms with Crippen molar-refractivity contribution in [2.45, 2.75) is 252 Å². The minimum atomic E-state index is 0.000915. The summed E-state index contributed by atoms with van der Waals surface area (Å²) in [6, 6.07) is 0.490. The van der Waals surface area contributed by atoms with Gasteiger partial charge in [-0.2, -0.15) is 0 Å². The van der Waals surface area contributed by atoms with Crippen molar-refractivity contribution in [3.8, 4) is 0 Å². The van der Waals surface area contributed by atoms with Gasteiger partial charge in [-0.25, -0.2) is 0 Å². The van der Waals surface area contributed by atoms with Gasteiger partial charge in [-0.1, -0.05) is 182 Å². The molecule has 0 heterocycles. The third-order valence-electron chi connectivity index (χ3n) is 11.7. The van der Waals surface area contributed by atoms with E-state index in [1.807, 2.05) is 0 Å².